The van der Waals surface area contributed by atoms with Crippen molar-refractivity contribution in [3.8, 4) is 0 Å². The molecule has 1 N–H and O–H groups in total. The molecule has 1 aliphatic heterocycles. The second-order valence-electron chi connectivity index (χ2n) is 2.31. The van der Waals surface area contributed by atoms with Crippen molar-refractivity contribution in [2.75, 3.05) is 20.1 Å². The standard InChI is InChI=1S/C5H10N3O2/c1-7-3-2-6-5(4-7)8(9)10/h4-6H,2-3H2,1H3. The molecule has 1 saturated heterocycles. The van der Waals surface area contributed by atoms with Gasteiger partial charge in [-0.3, -0.25) is 20.3 Å². The van der Waals surface area contributed by atoms with Gasteiger partial charge < -0.3 is 0 Å². The molecule has 5 heteroatoms. The Morgan fingerprint density at radius 3 is 3.00 bits per heavy atom. The van der Waals surface area contributed by atoms with E-state index in [-0.39, 0.29) is 4.92 Å². The van der Waals surface area contributed by atoms with Gasteiger partial charge >= 0.3 is 0 Å². The largest absolute Gasteiger partial charge is 0.293 e. The third-order valence-electron chi connectivity index (χ3n) is 1.44. The SMILES string of the molecule is CN1[CH]C([N+](=O)[O-])NCC1. The molecular formula is C5H10N3O2. The van der Waals surface area contributed by atoms with Crippen LogP contribution in [0.4, 0.5) is 0 Å². The van der Waals surface area contributed by atoms with Crippen LogP contribution >= 0.6 is 0 Å². The number of rotatable bonds is 1. The van der Waals surface area contributed by atoms with Gasteiger partial charge in [0.05, 0.1) is 0 Å². The molecule has 0 bridgehead atoms. The quantitative estimate of drug-likeness (QED) is 0.390. The molecule has 1 rings (SSSR count). The first-order valence-electron chi connectivity index (χ1n) is 3.12. The Hall–Kier alpha value is -0.680. The minimum atomic E-state index is -0.696. The normalized spacial score (nSPS) is 28.3. The Labute approximate surface area is 59.2 Å². The topological polar surface area (TPSA) is 58.4 Å². The predicted molar refractivity (Wildman–Crippen MR) is 35.7 cm³/mol. The van der Waals surface area contributed by atoms with E-state index < -0.39 is 6.17 Å². The molecule has 0 spiro atoms. The van der Waals surface area contributed by atoms with Gasteiger partial charge in [-0.05, 0) is 7.05 Å². The molecule has 0 amide bonds. The predicted octanol–water partition coefficient (Wildman–Crippen LogP) is -0.714. The lowest BCUT2D eigenvalue weighted by Crippen LogP contribution is -2.49. The van der Waals surface area contributed by atoms with Gasteiger partial charge in [-0.2, -0.15) is 0 Å². The Bertz CT molecular complexity index is 139. The molecule has 10 heavy (non-hydrogen) atoms. The Kier molecular flexibility index (Phi) is 2.18. The van der Waals surface area contributed by atoms with Crippen molar-refractivity contribution >= 4 is 0 Å². The molecule has 0 aliphatic carbocycles. The molecule has 0 aromatic rings. The molecule has 1 aliphatic rings. The maximum absolute atomic E-state index is 10.2. The van der Waals surface area contributed by atoms with Crippen molar-refractivity contribution in [2.24, 2.45) is 0 Å². The van der Waals surface area contributed by atoms with Crippen molar-refractivity contribution in [1.82, 2.24) is 10.2 Å². The van der Waals surface area contributed by atoms with E-state index in [1.165, 1.54) is 0 Å². The van der Waals surface area contributed by atoms with Gasteiger partial charge in [0.15, 0.2) is 0 Å². The van der Waals surface area contributed by atoms with Gasteiger partial charge in [0.1, 0.15) is 6.54 Å². The zero-order chi connectivity index (χ0) is 7.56. The summed E-state index contributed by atoms with van der Waals surface area (Å²) in [4.78, 5) is 11.7. The molecular weight excluding hydrogens is 134 g/mol. The fourth-order valence-electron chi connectivity index (χ4n) is 0.886. The van der Waals surface area contributed by atoms with Crippen molar-refractivity contribution < 1.29 is 4.92 Å². The molecule has 1 fully saturated rings. The van der Waals surface area contributed by atoms with Crippen LogP contribution in [-0.2, 0) is 0 Å². The summed E-state index contributed by atoms with van der Waals surface area (Å²) in [6, 6.07) is 0. The van der Waals surface area contributed by atoms with Crippen LogP contribution in [0.5, 0.6) is 0 Å². The first kappa shape index (κ1) is 7.43. The first-order chi connectivity index (χ1) is 4.70. The molecule has 1 radical (unpaired) electrons. The van der Waals surface area contributed by atoms with Gasteiger partial charge in [0.25, 0.3) is 6.17 Å². The van der Waals surface area contributed by atoms with E-state index in [1.54, 1.807) is 6.54 Å². The second kappa shape index (κ2) is 2.94. The van der Waals surface area contributed by atoms with Crippen LogP contribution in [0.15, 0.2) is 0 Å². The van der Waals surface area contributed by atoms with Crippen LogP contribution in [0.2, 0.25) is 0 Å². The van der Waals surface area contributed by atoms with Crippen molar-refractivity contribution in [1.29, 1.82) is 0 Å². The van der Waals surface area contributed by atoms with Crippen LogP contribution in [0.1, 0.15) is 0 Å². The van der Waals surface area contributed by atoms with Crippen LogP contribution in [-0.4, -0.2) is 36.1 Å². The van der Waals surface area contributed by atoms with E-state index in [4.69, 9.17) is 0 Å². The monoisotopic (exact) mass is 144 g/mol. The van der Waals surface area contributed by atoms with Gasteiger partial charge in [-0.15, -0.1) is 0 Å². The lowest BCUT2D eigenvalue weighted by Gasteiger charge is -2.24. The fraction of sp³-hybridized carbons (Fsp3) is 0.800. The summed E-state index contributed by atoms with van der Waals surface area (Å²) < 4.78 is 0. The van der Waals surface area contributed by atoms with Gasteiger partial charge in [-0.25, -0.2) is 0 Å². The number of hydrogen-bond donors (Lipinski definition) is 1. The number of nitrogens with zero attached hydrogens (tertiary/aromatic N) is 2. The summed E-state index contributed by atoms with van der Waals surface area (Å²) in [5, 5.41) is 12.9. The number of piperazine rings is 1. The van der Waals surface area contributed by atoms with Gasteiger partial charge in [0.2, 0.25) is 0 Å². The third-order valence-corrected chi connectivity index (χ3v) is 1.44. The minimum Gasteiger partial charge on any atom is -0.293 e. The molecule has 57 valence electrons. The van der Waals surface area contributed by atoms with E-state index in [1.807, 2.05) is 11.9 Å². The number of nitrogens with one attached hydrogen (secondary N) is 1. The summed E-state index contributed by atoms with van der Waals surface area (Å²) in [6.07, 6.45) is -0.696. The van der Waals surface area contributed by atoms with Crippen LogP contribution in [0.3, 0.4) is 0 Å². The summed E-state index contributed by atoms with van der Waals surface area (Å²) >= 11 is 0. The fourth-order valence-corrected chi connectivity index (χ4v) is 0.886. The molecule has 0 saturated carbocycles. The maximum Gasteiger partial charge on any atom is 0.283 e. The maximum atomic E-state index is 10.2. The lowest BCUT2D eigenvalue weighted by molar-refractivity contribution is -0.524. The van der Waals surface area contributed by atoms with E-state index in [9.17, 15) is 10.1 Å². The molecule has 1 heterocycles. The highest BCUT2D eigenvalue weighted by Gasteiger charge is 2.25. The first-order valence-corrected chi connectivity index (χ1v) is 3.12. The van der Waals surface area contributed by atoms with Gasteiger partial charge in [-0.1, -0.05) is 0 Å². The van der Waals surface area contributed by atoms with E-state index in [0.717, 1.165) is 6.54 Å². The van der Waals surface area contributed by atoms with Crippen LogP contribution in [0.25, 0.3) is 0 Å². The average molecular weight is 144 g/mol. The highest BCUT2D eigenvalue weighted by Crippen LogP contribution is 2.00. The number of hydrogen-bond acceptors (Lipinski definition) is 4. The summed E-state index contributed by atoms with van der Waals surface area (Å²) in [6.45, 7) is 3.09. The average Bonchev–Trinajstić information content (AvgIpc) is 1.88. The van der Waals surface area contributed by atoms with E-state index >= 15 is 0 Å². The van der Waals surface area contributed by atoms with Crippen molar-refractivity contribution in [2.45, 2.75) is 6.17 Å². The zero-order valence-corrected chi connectivity index (χ0v) is 5.78. The number of likely N-dealkylation sites (N-methyl/N-ethyl adjacent to an activating group) is 1. The number of nitro groups is 1. The summed E-state index contributed by atoms with van der Waals surface area (Å²) in [7, 11) is 1.83. The molecule has 1 atom stereocenters. The highest BCUT2D eigenvalue weighted by molar-refractivity contribution is 4.79. The summed E-state index contributed by atoms with van der Waals surface area (Å²) in [5.74, 6) is 0. The highest BCUT2D eigenvalue weighted by atomic mass is 16.6. The molecule has 1 unspecified atom stereocenters. The minimum absolute atomic E-state index is 0.338. The molecule has 5 nitrogen and oxygen atoms in total. The van der Waals surface area contributed by atoms with Gasteiger partial charge in [0, 0.05) is 18.0 Å². The zero-order valence-electron chi connectivity index (χ0n) is 5.78. The third kappa shape index (κ3) is 1.65. The second-order valence-corrected chi connectivity index (χ2v) is 2.31. The van der Waals surface area contributed by atoms with Crippen molar-refractivity contribution in [3.05, 3.63) is 16.7 Å². The van der Waals surface area contributed by atoms with Crippen LogP contribution < -0.4 is 5.32 Å². The van der Waals surface area contributed by atoms with E-state index in [0.29, 0.717) is 6.54 Å². The van der Waals surface area contributed by atoms with Crippen LogP contribution in [0, 0.1) is 16.7 Å². The molecule has 0 aromatic carbocycles. The Balaban J connectivity index is 2.39. The van der Waals surface area contributed by atoms with Crippen molar-refractivity contribution in [3.63, 3.8) is 0 Å². The lowest BCUT2D eigenvalue weighted by atomic mass is 10.3. The molecule has 0 aromatic heterocycles. The Morgan fingerprint density at radius 2 is 2.60 bits per heavy atom. The summed E-state index contributed by atoms with van der Waals surface area (Å²) in [5.41, 5.74) is 0. The van der Waals surface area contributed by atoms with E-state index in [2.05, 4.69) is 5.32 Å². The Morgan fingerprint density at radius 1 is 1.90 bits per heavy atom. The smallest absolute Gasteiger partial charge is 0.283 e.